The summed E-state index contributed by atoms with van der Waals surface area (Å²) in [6.07, 6.45) is 4.55. The van der Waals surface area contributed by atoms with Gasteiger partial charge < -0.3 is 25.8 Å². The summed E-state index contributed by atoms with van der Waals surface area (Å²) in [5.41, 5.74) is -0.208. The van der Waals surface area contributed by atoms with Crippen LogP contribution in [0.1, 0.15) is 34.0 Å². The van der Waals surface area contributed by atoms with Crippen LogP contribution < -0.4 is 20.7 Å². The fraction of sp³-hybridized carbons (Fsp3) is 0.261. The summed E-state index contributed by atoms with van der Waals surface area (Å²) in [5.74, 6) is 0.384. The number of carbonyl (C=O) groups is 1. The molecule has 4 N–H and O–H groups in total. The molecule has 0 bridgehead atoms. The van der Waals surface area contributed by atoms with Gasteiger partial charge in [-0.2, -0.15) is 5.10 Å². The summed E-state index contributed by atoms with van der Waals surface area (Å²) in [7, 11) is 3.17. The van der Waals surface area contributed by atoms with E-state index in [1.54, 1.807) is 39.1 Å². The number of aromatic nitrogens is 7. The number of pyridine rings is 2. The molecule has 0 atom stereocenters. The number of anilines is 4. The number of methoxy groups -OCH3 is 1. The molecule has 0 aliphatic rings. The van der Waals surface area contributed by atoms with Gasteiger partial charge in [0.2, 0.25) is 0 Å². The molecule has 0 saturated carbocycles. The molecular weight excluding hydrogens is 464 g/mol. The highest BCUT2D eigenvalue weighted by molar-refractivity contribution is 5.98. The lowest BCUT2D eigenvalue weighted by atomic mass is 10.00. The third-order valence-electron chi connectivity index (χ3n) is 5.05. The van der Waals surface area contributed by atoms with Crippen LogP contribution in [0.5, 0.6) is 5.75 Å². The van der Waals surface area contributed by atoms with Gasteiger partial charge in [-0.3, -0.25) is 9.48 Å². The van der Waals surface area contributed by atoms with Crippen LogP contribution in [0.4, 0.5) is 23.1 Å². The summed E-state index contributed by atoms with van der Waals surface area (Å²) in [5, 5.41) is 30.4. The summed E-state index contributed by atoms with van der Waals surface area (Å²) in [6.45, 7) is 0.525. The van der Waals surface area contributed by atoms with E-state index < -0.39 is 18.5 Å². The van der Waals surface area contributed by atoms with Gasteiger partial charge in [0.1, 0.15) is 12.1 Å². The minimum atomic E-state index is -2.76. The average Bonchev–Trinajstić information content (AvgIpc) is 3.28. The van der Waals surface area contributed by atoms with Crippen molar-refractivity contribution in [3.8, 4) is 17.1 Å². The highest BCUT2D eigenvalue weighted by Crippen LogP contribution is 2.35. The Balaban J connectivity index is 1.75. The van der Waals surface area contributed by atoms with Gasteiger partial charge in [0.05, 0.1) is 24.0 Å². The van der Waals surface area contributed by atoms with Crippen molar-refractivity contribution < 1.29 is 18.8 Å². The maximum Gasteiger partial charge on any atom is 0.273 e. The Morgan fingerprint density at radius 3 is 2.61 bits per heavy atom. The van der Waals surface area contributed by atoms with Crippen molar-refractivity contribution in [1.82, 2.24) is 40.2 Å². The lowest BCUT2D eigenvalue weighted by Crippen LogP contribution is -2.21. The molecule has 0 saturated heterocycles. The van der Waals surface area contributed by atoms with Crippen LogP contribution in [0.15, 0.2) is 43.0 Å². The number of aryl methyl sites for hydroxylation is 1. The van der Waals surface area contributed by atoms with E-state index in [-0.39, 0.29) is 28.8 Å². The van der Waals surface area contributed by atoms with E-state index in [1.807, 2.05) is 5.32 Å². The van der Waals surface area contributed by atoms with E-state index in [9.17, 15) is 9.90 Å². The van der Waals surface area contributed by atoms with Gasteiger partial charge in [0.15, 0.2) is 28.9 Å². The molecule has 4 heterocycles. The second-order valence-electron chi connectivity index (χ2n) is 8.17. The second-order valence-corrected chi connectivity index (χ2v) is 8.17. The lowest BCUT2D eigenvalue weighted by molar-refractivity contribution is 0.0785. The normalized spacial score (nSPS) is 12.8. The van der Waals surface area contributed by atoms with Gasteiger partial charge >= 0.3 is 0 Å². The van der Waals surface area contributed by atoms with Crippen LogP contribution in [0, 0.1) is 0 Å². The Morgan fingerprint density at radius 1 is 1.11 bits per heavy atom. The Kier molecular flexibility index (Phi) is 5.70. The summed E-state index contributed by atoms with van der Waals surface area (Å²) in [4.78, 5) is 25.6. The predicted octanol–water partition coefficient (Wildman–Crippen LogP) is 2.14. The second kappa shape index (κ2) is 9.92. The fourth-order valence-corrected chi connectivity index (χ4v) is 3.30. The summed E-state index contributed by atoms with van der Waals surface area (Å²) in [6, 6.07) is 6.42. The maximum absolute atomic E-state index is 12.8. The van der Waals surface area contributed by atoms with Crippen molar-refractivity contribution in [2.24, 2.45) is 7.05 Å². The lowest BCUT2D eigenvalue weighted by Gasteiger charge is -2.18. The number of nitrogens with zero attached hydrogens (tertiary/aromatic N) is 7. The molecule has 1 amide bonds. The minimum absolute atomic E-state index is 0.0739. The number of nitrogens with one attached hydrogen (secondary N) is 3. The number of carbonyl (C=O) groups excluding carboxylic acids is 1. The summed E-state index contributed by atoms with van der Waals surface area (Å²) < 4.78 is 29.3. The highest BCUT2D eigenvalue weighted by atomic mass is 16.5. The van der Waals surface area contributed by atoms with E-state index in [0.29, 0.717) is 22.8 Å². The Hall–Kier alpha value is -4.65. The van der Waals surface area contributed by atoms with E-state index in [1.165, 1.54) is 36.6 Å². The topological polar surface area (TPSA) is 165 Å². The molecule has 0 aliphatic carbocycles. The highest BCUT2D eigenvalue weighted by Gasteiger charge is 2.21. The first-order valence-electron chi connectivity index (χ1n) is 12.2. The molecule has 0 fully saturated rings. The zero-order chi connectivity index (χ0) is 28.4. The van der Waals surface area contributed by atoms with Crippen molar-refractivity contribution >= 4 is 29.0 Å². The smallest absolute Gasteiger partial charge is 0.273 e. The zero-order valence-electron chi connectivity index (χ0n) is 22.9. The number of aliphatic hydroxyl groups is 1. The van der Waals surface area contributed by atoms with E-state index in [4.69, 9.17) is 8.85 Å². The van der Waals surface area contributed by atoms with Gasteiger partial charge in [-0.15, -0.1) is 10.2 Å². The number of ether oxygens (including phenoxy) is 1. The maximum atomic E-state index is 12.8. The van der Waals surface area contributed by atoms with Gasteiger partial charge in [0, 0.05) is 36.6 Å². The molecule has 13 nitrogen and oxygen atoms in total. The van der Waals surface area contributed by atoms with E-state index in [0.717, 1.165) is 0 Å². The van der Waals surface area contributed by atoms with Crippen LogP contribution in [0.25, 0.3) is 11.4 Å². The Labute approximate surface area is 211 Å². The molecule has 36 heavy (non-hydrogen) atoms. The number of hydrogen-bond donors (Lipinski definition) is 4. The first-order valence-corrected chi connectivity index (χ1v) is 10.7. The fourth-order valence-electron chi connectivity index (χ4n) is 3.30. The Morgan fingerprint density at radius 2 is 1.92 bits per heavy atom. The van der Waals surface area contributed by atoms with Crippen LogP contribution >= 0.6 is 0 Å². The SMILES string of the molecule is [2H]C([2H])([2H])NC(=O)c1nnc(Nc2cc(C(C)(C)O)ccn2)cc1Nc1nccc(-c2ncn(C)n2)c1OC. The molecule has 4 aromatic heterocycles. The monoisotopic (exact) mass is 493 g/mol. The first kappa shape index (κ1) is 20.7. The van der Waals surface area contributed by atoms with Crippen LogP contribution in [0.3, 0.4) is 0 Å². The molecule has 0 radical (unpaired) electrons. The molecular formula is C23H26N10O3. The third-order valence-corrected chi connectivity index (χ3v) is 5.05. The molecule has 13 heteroatoms. The standard InChI is InChI=1S/C23H26N10O3/c1-23(2,35)13-6-8-25-16(10-13)29-17-11-15(18(31-30-17)22(34)24-3)28-21-19(36-5)14(7-9-26-21)20-27-12-33(4)32-20/h6-12,35H,1-5H3,(H,24,34)(H2,25,26,28,29,30)/i3D3. The first-order chi connectivity index (χ1) is 18.3. The van der Waals surface area contributed by atoms with Gasteiger partial charge in [-0.05, 0) is 37.6 Å². The third kappa shape index (κ3) is 5.20. The molecule has 0 unspecified atom stereocenters. The molecule has 186 valence electrons. The van der Waals surface area contributed by atoms with Gasteiger partial charge in [-0.25, -0.2) is 15.0 Å². The largest absolute Gasteiger partial charge is 0.492 e. The molecule has 0 aromatic carbocycles. The van der Waals surface area contributed by atoms with Crippen LogP contribution in [-0.4, -0.2) is 60.0 Å². The predicted molar refractivity (Wildman–Crippen MR) is 132 cm³/mol. The van der Waals surface area contributed by atoms with Gasteiger partial charge in [-0.1, -0.05) is 0 Å². The summed E-state index contributed by atoms with van der Waals surface area (Å²) >= 11 is 0. The number of amides is 1. The van der Waals surface area contributed by atoms with Crippen LogP contribution in [0.2, 0.25) is 0 Å². The minimum Gasteiger partial charge on any atom is -0.492 e. The van der Waals surface area contributed by atoms with E-state index >= 15 is 0 Å². The molecule has 0 aliphatic heterocycles. The van der Waals surface area contributed by atoms with Crippen LogP contribution in [-0.2, 0) is 12.6 Å². The Bertz CT molecular complexity index is 1500. The van der Waals surface area contributed by atoms with Gasteiger partial charge in [0.25, 0.3) is 5.91 Å². The van der Waals surface area contributed by atoms with E-state index in [2.05, 4.69) is 40.9 Å². The van der Waals surface area contributed by atoms with Crippen molar-refractivity contribution in [2.75, 3.05) is 24.7 Å². The van der Waals surface area contributed by atoms with Crippen molar-refractivity contribution in [3.05, 3.63) is 54.2 Å². The number of rotatable bonds is 8. The number of hydrogen-bond acceptors (Lipinski definition) is 11. The molecule has 0 spiro atoms. The van der Waals surface area contributed by atoms with Crippen molar-refractivity contribution in [3.63, 3.8) is 0 Å². The molecule has 4 rings (SSSR count). The molecule has 4 aromatic rings. The zero-order valence-corrected chi connectivity index (χ0v) is 19.9. The average molecular weight is 494 g/mol. The van der Waals surface area contributed by atoms with Crippen molar-refractivity contribution in [2.45, 2.75) is 19.4 Å². The van der Waals surface area contributed by atoms with Crippen molar-refractivity contribution in [1.29, 1.82) is 0 Å². The quantitative estimate of drug-likeness (QED) is 0.284.